The first-order valence-corrected chi connectivity index (χ1v) is 12.1. The Hall–Kier alpha value is -3.95. The van der Waals surface area contributed by atoms with E-state index in [9.17, 15) is 9.59 Å². The number of piperidine rings is 1. The molecule has 1 aromatic heterocycles. The van der Waals surface area contributed by atoms with Gasteiger partial charge in [-0.25, -0.2) is 9.18 Å². The number of anilines is 2. The predicted octanol–water partition coefficient (Wildman–Crippen LogP) is 3.80. The fourth-order valence-electron chi connectivity index (χ4n) is 4.69. The quantitative estimate of drug-likeness (QED) is 0.534. The Labute approximate surface area is 208 Å². The van der Waals surface area contributed by atoms with Gasteiger partial charge in [-0.15, -0.1) is 0 Å². The minimum Gasteiger partial charge on any atom is -0.442 e. The summed E-state index contributed by atoms with van der Waals surface area (Å²) in [4.78, 5) is 31.3. The highest BCUT2D eigenvalue weighted by Crippen LogP contribution is 2.31. The van der Waals surface area contributed by atoms with Gasteiger partial charge in [0.1, 0.15) is 11.9 Å². The van der Waals surface area contributed by atoms with Crippen LogP contribution in [0.25, 0.3) is 11.5 Å². The zero-order chi connectivity index (χ0) is 25.1. The number of rotatable bonds is 7. The van der Waals surface area contributed by atoms with E-state index in [4.69, 9.17) is 9.26 Å². The van der Waals surface area contributed by atoms with E-state index in [0.29, 0.717) is 29.0 Å². The molecule has 0 radical (unpaired) electrons. The molecule has 10 heteroatoms. The first-order valence-electron chi connectivity index (χ1n) is 12.1. The van der Waals surface area contributed by atoms with Crippen molar-refractivity contribution in [3.05, 3.63) is 60.2 Å². The Kier molecular flexibility index (Phi) is 6.84. The molecule has 0 aliphatic carbocycles. The predicted molar refractivity (Wildman–Crippen MR) is 131 cm³/mol. The van der Waals surface area contributed by atoms with Crippen molar-refractivity contribution in [1.82, 2.24) is 15.5 Å². The van der Waals surface area contributed by atoms with Crippen molar-refractivity contribution in [1.29, 1.82) is 0 Å². The number of hydrogen-bond acceptors (Lipinski definition) is 7. The summed E-state index contributed by atoms with van der Waals surface area (Å²) in [5.74, 6) is 1.03. The largest absolute Gasteiger partial charge is 0.442 e. The second kappa shape index (κ2) is 10.3. The van der Waals surface area contributed by atoms with Crippen molar-refractivity contribution in [2.75, 3.05) is 36.0 Å². The Morgan fingerprint density at radius 3 is 2.67 bits per heavy atom. The first kappa shape index (κ1) is 23.8. The van der Waals surface area contributed by atoms with Crippen molar-refractivity contribution >= 4 is 23.4 Å². The number of carbonyl (C=O) groups is 2. The van der Waals surface area contributed by atoms with E-state index in [0.717, 1.165) is 37.9 Å². The number of halogens is 1. The Morgan fingerprint density at radius 1 is 1.17 bits per heavy atom. The maximum Gasteiger partial charge on any atom is 0.414 e. The second-order valence-corrected chi connectivity index (χ2v) is 9.21. The Morgan fingerprint density at radius 2 is 1.94 bits per heavy atom. The zero-order valence-electron chi connectivity index (χ0n) is 20.0. The monoisotopic (exact) mass is 493 g/mol. The molecular weight excluding hydrogens is 465 g/mol. The van der Waals surface area contributed by atoms with E-state index in [2.05, 4.69) is 15.5 Å². The number of nitrogens with one attached hydrogen (secondary N) is 1. The van der Waals surface area contributed by atoms with Crippen LogP contribution in [0.4, 0.5) is 20.6 Å². The summed E-state index contributed by atoms with van der Waals surface area (Å²) in [5.41, 5.74) is 1.86. The summed E-state index contributed by atoms with van der Waals surface area (Å²) in [5, 5.41) is 6.77. The van der Waals surface area contributed by atoms with Crippen LogP contribution in [-0.2, 0) is 16.0 Å². The van der Waals surface area contributed by atoms with Crippen LogP contribution < -0.4 is 15.1 Å². The second-order valence-electron chi connectivity index (χ2n) is 9.21. The molecule has 36 heavy (non-hydrogen) atoms. The third-order valence-electron chi connectivity index (χ3n) is 6.61. The molecule has 2 amide bonds. The van der Waals surface area contributed by atoms with Gasteiger partial charge in [0.2, 0.25) is 5.91 Å². The lowest BCUT2D eigenvalue weighted by atomic mass is 9.93. The van der Waals surface area contributed by atoms with E-state index in [1.165, 1.54) is 17.9 Å². The third-order valence-corrected chi connectivity index (χ3v) is 6.61. The summed E-state index contributed by atoms with van der Waals surface area (Å²) in [6, 6.07) is 14.5. The topological polar surface area (TPSA) is 101 Å². The van der Waals surface area contributed by atoms with Gasteiger partial charge in [0, 0.05) is 32.0 Å². The van der Waals surface area contributed by atoms with Crippen LogP contribution in [0.1, 0.15) is 25.6 Å². The summed E-state index contributed by atoms with van der Waals surface area (Å²) in [6.45, 7) is 3.32. The van der Waals surface area contributed by atoms with Crippen LogP contribution >= 0.6 is 0 Å². The minimum atomic E-state index is -0.546. The summed E-state index contributed by atoms with van der Waals surface area (Å²) < 4.78 is 25.8. The molecule has 1 atom stereocenters. The van der Waals surface area contributed by atoms with Gasteiger partial charge in [0.15, 0.2) is 5.82 Å². The van der Waals surface area contributed by atoms with Gasteiger partial charge in [-0.1, -0.05) is 23.4 Å². The van der Waals surface area contributed by atoms with Gasteiger partial charge in [-0.2, -0.15) is 4.98 Å². The van der Waals surface area contributed by atoms with Gasteiger partial charge in [0.25, 0.3) is 5.89 Å². The van der Waals surface area contributed by atoms with Crippen LogP contribution in [0.15, 0.2) is 53.1 Å². The van der Waals surface area contributed by atoms with E-state index in [-0.39, 0.29) is 24.8 Å². The molecule has 1 N–H and O–H groups in total. The van der Waals surface area contributed by atoms with E-state index in [1.54, 1.807) is 12.1 Å². The number of cyclic esters (lactones) is 1. The van der Waals surface area contributed by atoms with Crippen LogP contribution in [0, 0.1) is 11.7 Å². The Bertz CT molecular complexity index is 1230. The standard InChI is InChI=1S/C26H28FN5O4/c1-17(33)28-15-21-16-32(26(34)35-21)20-7-8-23(22(27)14-20)31-11-9-18(10-12-31)13-24-29-25(36-30-24)19-5-3-2-4-6-19/h2-8,14,18,21H,9-13,15-16H2,1H3,(H,28,33)/t21-/m0/s1. The number of ether oxygens (including phenoxy) is 1. The molecule has 0 spiro atoms. The van der Waals surface area contributed by atoms with Gasteiger partial charge >= 0.3 is 6.09 Å². The highest BCUT2D eigenvalue weighted by molar-refractivity contribution is 5.90. The van der Waals surface area contributed by atoms with Crippen LogP contribution in [-0.4, -0.2) is 54.4 Å². The van der Waals surface area contributed by atoms with Crippen LogP contribution in [0.5, 0.6) is 0 Å². The molecule has 3 heterocycles. The van der Waals surface area contributed by atoms with Gasteiger partial charge < -0.3 is 19.5 Å². The van der Waals surface area contributed by atoms with Gasteiger partial charge in [-0.05, 0) is 49.1 Å². The molecule has 3 aromatic rings. The lowest BCUT2D eigenvalue weighted by Gasteiger charge is -2.33. The fourth-order valence-corrected chi connectivity index (χ4v) is 4.69. The Balaban J connectivity index is 1.16. The molecule has 0 saturated carbocycles. The molecule has 2 fully saturated rings. The maximum atomic E-state index is 15.1. The lowest BCUT2D eigenvalue weighted by molar-refractivity contribution is -0.119. The molecule has 2 aliphatic heterocycles. The first-order chi connectivity index (χ1) is 17.5. The smallest absolute Gasteiger partial charge is 0.414 e. The van der Waals surface area contributed by atoms with E-state index >= 15 is 4.39 Å². The van der Waals surface area contributed by atoms with E-state index in [1.807, 2.05) is 35.2 Å². The third kappa shape index (κ3) is 5.32. The maximum absolute atomic E-state index is 15.1. The number of hydrogen-bond donors (Lipinski definition) is 1. The normalized spacial score (nSPS) is 18.4. The number of nitrogens with zero attached hydrogens (tertiary/aromatic N) is 4. The number of carbonyl (C=O) groups excluding carboxylic acids is 2. The van der Waals surface area contributed by atoms with E-state index < -0.39 is 12.2 Å². The van der Waals surface area contributed by atoms with Crippen molar-refractivity contribution in [3.63, 3.8) is 0 Å². The summed E-state index contributed by atoms with van der Waals surface area (Å²) >= 11 is 0. The average molecular weight is 494 g/mol. The molecule has 0 unspecified atom stereocenters. The molecule has 188 valence electrons. The van der Waals surface area contributed by atoms with Crippen LogP contribution in [0.2, 0.25) is 0 Å². The molecular formula is C26H28FN5O4. The van der Waals surface area contributed by atoms with Gasteiger partial charge in [-0.3, -0.25) is 9.69 Å². The molecule has 5 rings (SSSR count). The average Bonchev–Trinajstić information content (AvgIpc) is 3.50. The van der Waals surface area contributed by atoms with Crippen LogP contribution in [0.3, 0.4) is 0 Å². The molecule has 2 aliphatic rings. The SMILES string of the molecule is CC(=O)NC[C@H]1CN(c2ccc(N3CCC(Cc4noc(-c5ccccc5)n4)CC3)c(F)c2)C(=O)O1. The number of amides is 2. The van der Waals surface area contributed by atoms with Crippen molar-refractivity contribution in [2.45, 2.75) is 32.3 Å². The van der Waals surface area contributed by atoms with Crippen molar-refractivity contribution in [2.24, 2.45) is 5.92 Å². The highest BCUT2D eigenvalue weighted by atomic mass is 19.1. The zero-order valence-corrected chi connectivity index (χ0v) is 20.0. The molecule has 9 nitrogen and oxygen atoms in total. The molecule has 2 aromatic carbocycles. The van der Waals surface area contributed by atoms with Crippen molar-refractivity contribution < 1.29 is 23.2 Å². The van der Waals surface area contributed by atoms with Crippen molar-refractivity contribution in [3.8, 4) is 11.5 Å². The molecule has 0 bridgehead atoms. The fraction of sp³-hybridized carbons (Fsp3) is 0.385. The minimum absolute atomic E-state index is 0.196. The summed E-state index contributed by atoms with van der Waals surface area (Å²) in [6.07, 6.45) is 1.49. The van der Waals surface area contributed by atoms with Gasteiger partial charge in [0.05, 0.1) is 24.5 Å². The highest BCUT2D eigenvalue weighted by Gasteiger charge is 2.33. The number of benzene rings is 2. The summed E-state index contributed by atoms with van der Waals surface area (Å²) in [7, 11) is 0. The number of aromatic nitrogens is 2. The lowest BCUT2D eigenvalue weighted by Crippen LogP contribution is -2.35. The molecule has 2 saturated heterocycles.